The molecule has 17 heteroatoms. The number of nitrogens with two attached hydrogens (primary N) is 1. The Kier molecular flexibility index (Phi) is 16.4. The van der Waals surface area contributed by atoms with Crippen LogP contribution in [0.1, 0.15) is 142 Å². The number of rotatable bonds is 17. The molecular formula is C53H70N2O15. The molecule has 1 spiro atoms. The van der Waals surface area contributed by atoms with Crippen molar-refractivity contribution in [1.29, 1.82) is 0 Å². The van der Waals surface area contributed by atoms with Gasteiger partial charge in [0.15, 0.2) is 17.5 Å². The Morgan fingerprint density at radius 3 is 2.11 bits per heavy atom. The Hall–Kier alpha value is -5.65. The van der Waals surface area contributed by atoms with Crippen molar-refractivity contribution in [2.24, 2.45) is 23.0 Å². The number of aliphatic hydroxyl groups is 1. The zero-order chi connectivity index (χ0) is 51.4. The van der Waals surface area contributed by atoms with Crippen LogP contribution in [0.5, 0.6) is 0 Å². The van der Waals surface area contributed by atoms with E-state index < -0.39 is 118 Å². The van der Waals surface area contributed by atoms with E-state index in [1.807, 2.05) is 0 Å². The van der Waals surface area contributed by atoms with Crippen molar-refractivity contribution in [3.8, 4) is 0 Å². The second-order valence-corrected chi connectivity index (χ2v) is 20.3. The number of hydrogen-bond donors (Lipinski definition) is 3. The molecule has 0 unspecified atom stereocenters. The average molecular weight is 975 g/mol. The van der Waals surface area contributed by atoms with Gasteiger partial charge in [-0.25, -0.2) is 14.4 Å². The largest absolute Gasteiger partial charge is 0.455 e. The molecule has 17 nitrogen and oxygen atoms in total. The van der Waals surface area contributed by atoms with Crippen molar-refractivity contribution in [1.82, 2.24) is 5.32 Å². The standard InChI is InChI=1S/C53H70N2O15/c1-10-37-31(3)38(66-46(61)43(67-40(58)25-19-14-20-26-54)41(34-21-15-12-16-22-34)55-48(62)70-49(6,7)8)29-51(63,11-2)50(9,69-45(60)35-23-17-13-18-24-35)47-52(44(59)42(37)65-32(4)56)28-36(52)27-39-53(47,30-64-39)68-33(5)57/h12-13,15-18,21-24,36,38-39,41-43,47,63H,10-11,14,19-20,25-30,54H2,1-9H3,(H,55,62)/b37-31+/t36-,38+,39-,41+,42-,43-,47+,50-,51-,52+,53+/m1/s1. The first-order valence-electron chi connectivity index (χ1n) is 24.4. The zero-order valence-electron chi connectivity index (χ0n) is 41.8. The van der Waals surface area contributed by atoms with Gasteiger partial charge in [0, 0.05) is 32.1 Å². The fourth-order valence-electron chi connectivity index (χ4n) is 11.2. The third-order valence-corrected chi connectivity index (χ3v) is 14.6. The minimum Gasteiger partial charge on any atom is -0.455 e. The Labute approximate surface area is 409 Å². The maximum absolute atomic E-state index is 15.9. The van der Waals surface area contributed by atoms with E-state index in [4.69, 9.17) is 38.9 Å². The SMILES string of the molecule is CC/C1=C(/C)[C@@H](OC(=O)[C@H](OC(=O)CCCCCN)[C@@H](NC(=O)OC(C)(C)C)c2ccccc2)C[C@](O)(CC)[C@](C)(OC(=O)c2ccccc2)[C@@H]2[C@]3(OC(C)=O)CO[C@@H]3C[C@@H]3C[C@@]32C(=O)[C@@H]1OC(C)=O. The smallest absolute Gasteiger partial charge is 0.408 e. The quantitative estimate of drug-likeness (QED) is 0.0646. The lowest BCUT2D eigenvalue weighted by molar-refractivity contribution is -0.334. The van der Waals surface area contributed by atoms with Gasteiger partial charge in [-0.3, -0.25) is 19.2 Å². The molecule has 70 heavy (non-hydrogen) atoms. The minimum absolute atomic E-state index is 0.0919. The zero-order valence-corrected chi connectivity index (χ0v) is 41.8. The summed E-state index contributed by atoms with van der Waals surface area (Å²) in [6, 6.07) is 15.0. The molecule has 2 aromatic carbocycles. The van der Waals surface area contributed by atoms with Crippen molar-refractivity contribution >= 4 is 41.7 Å². The molecule has 2 saturated carbocycles. The van der Waals surface area contributed by atoms with Crippen LogP contribution < -0.4 is 11.1 Å². The van der Waals surface area contributed by atoms with Gasteiger partial charge in [0.2, 0.25) is 6.10 Å². The summed E-state index contributed by atoms with van der Waals surface area (Å²) in [5, 5.41) is 16.4. The molecule has 6 rings (SSSR count). The van der Waals surface area contributed by atoms with Crippen LogP contribution >= 0.6 is 0 Å². The molecule has 0 bridgehead atoms. The Balaban J connectivity index is 1.57. The highest BCUT2D eigenvalue weighted by molar-refractivity contribution is 5.97. The summed E-state index contributed by atoms with van der Waals surface area (Å²) in [5.74, 6) is -6.60. The summed E-state index contributed by atoms with van der Waals surface area (Å²) < 4.78 is 43.2. The van der Waals surface area contributed by atoms with E-state index in [-0.39, 0.29) is 55.4 Å². The van der Waals surface area contributed by atoms with Gasteiger partial charge in [-0.1, -0.05) is 68.8 Å². The summed E-state index contributed by atoms with van der Waals surface area (Å²) >= 11 is 0. The molecule has 4 aliphatic rings. The Morgan fingerprint density at radius 1 is 0.900 bits per heavy atom. The number of ether oxygens (including phenoxy) is 7. The maximum Gasteiger partial charge on any atom is 0.408 e. The summed E-state index contributed by atoms with van der Waals surface area (Å²) in [4.78, 5) is 99.4. The van der Waals surface area contributed by atoms with Crippen LogP contribution in [0.4, 0.5) is 4.79 Å². The van der Waals surface area contributed by atoms with E-state index in [2.05, 4.69) is 5.32 Å². The Morgan fingerprint density at radius 2 is 1.56 bits per heavy atom. The second kappa shape index (κ2) is 21.4. The number of ketones is 1. The van der Waals surface area contributed by atoms with Crippen LogP contribution in [0.25, 0.3) is 0 Å². The molecule has 4 N–H and O–H groups in total. The third-order valence-electron chi connectivity index (χ3n) is 14.6. The number of carbonyl (C=O) groups excluding carboxylic acids is 7. The number of Topliss-reactive ketones (excluding diaryl/α,β-unsaturated/α-hetero) is 1. The molecule has 0 radical (unpaired) electrons. The van der Waals surface area contributed by atoms with Gasteiger partial charge in [0.1, 0.15) is 35.1 Å². The molecule has 1 amide bonds. The van der Waals surface area contributed by atoms with E-state index in [1.54, 1.807) is 90.1 Å². The van der Waals surface area contributed by atoms with Crippen LogP contribution in [0, 0.1) is 17.3 Å². The van der Waals surface area contributed by atoms with Gasteiger partial charge < -0.3 is 49.3 Å². The number of hydrogen-bond acceptors (Lipinski definition) is 16. The number of unbranched alkanes of at least 4 members (excludes halogenated alkanes) is 2. The summed E-state index contributed by atoms with van der Waals surface area (Å²) in [7, 11) is 0. The van der Waals surface area contributed by atoms with Crippen molar-refractivity contribution < 1.29 is 71.8 Å². The third kappa shape index (κ3) is 10.8. The number of fused-ring (bicyclic) bond motifs is 2. The van der Waals surface area contributed by atoms with E-state index >= 15 is 9.59 Å². The first kappa shape index (κ1) is 53.7. The molecular weight excluding hydrogens is 905 g/mol. The van der Waals surface area contributed by atoms with Gasteiger partial charge in [-0.15, -0.1) is 0 Å². The Bertz CT molecular complexity index is 2310. The van der Waals surface area contributed by atoms with Gasteiger partial charge in [-0.05, 0) is 114 Å². The second-order valence-electron chi connectivity index (χ2n) is 20.3. The summed E-state index contributed by atoms with van der Waals surface area (Å²) in [6.07, 6.45) is -5.25. The predicted octanol–water partition coefficient (Wildman–Crippen LogP) is 6.71. The number of amides is 1. The van der Waals surface area contributed by atoms with Gasteiger partial charge in [0.05, 0.1) is 18.1 Å². The van der Waals surface area contributed by atoms with E-state index in [0.29, 0.717) is 31.4 Å². The summed E-state index contributed by atoms with van der Waals surface area (Å²) in [5.41, 5.74) is -1.81. The number of esters is 5. The molecule has 382 valence electrons. The molecule has 1 aliphatic heterocycles. The van der Waals surface area contributed by atoms with Crippen molar-refractivity contribution in [2.45, 2.75) is 173 Å². The monoisotopic (exact) mass is 974 g/mol. The fraction of sp³-hybridized carbons (Fsp3) is 0.604. The van der Waals surface area contributed by atoms with Crippen LogP contribution in [-0.2, 0) is 57.1 Å². The summed E-state index contributed by atoms with van der Waals surface area (Å²) in [6.45, 7) is 14.1. The highest BCUT2D eigenvalue weighted by Crippen LogP contribution is 2.74. The molecule has 3 aliphatic carbocycles. The maximum atomic E-state index is 15.9. The lowest BCUT2D eigenvalue weighted by Gasteiger charge is -2.63. The fourth-order valence-corrected chi connectivity index (χ4v) is 11.2. The van der Waals surface area contributed by atoms with E-state index in [0.717, 1.165) is 0 Å². The normalized spacial score (nSPS) is 31.1. The average Bonchev–Trinajstić information content (AvgIpc) is 4.03. The van der Waals surface area contributed by atoms with Crippen LogP contribution in [0.3, 0.4) is 0 Å². The lowest BCUT2D eigenvalue weighted by atomic mass is 9.52. The number of nitrogens with one attached hydrogen (secondary N) is 1. The topological polar surface area (TPSA) is 242 Å². The van der Waals surface area contributed by atoms with Crippen LogP contribution in [0.2, 0.25) is 0 Å². The molecule has 0 aromatic heterocycles. The molecule has 1 saturated heterocycles. The highest BCUT2D eigenvalue weighted by atomic mass is 16.6. The van der Waals surface area contributed by atoms with Crippen molar-refractivity contribution in [2.75, 3.05) is 13.2 Å². The number of benzene rings is 2. The minimum atomic E-state index is -2.23. The molecule has 11 atom stereocenters. The molecule has 3 fully saturated rings. The molecule has 1 heterocycles. The first-order valence-corrected chi connectivity index (χ1v) is 24.4. The highest BCUT2D eigenvalue weighted by Gasteiger charge is 2.84. The lowest BCUT2D eigenvalue weighted by Crippen LogP contribution is -2.78. The van der Waals surface area contributed by atoms with Crippen LogP contribution in [0.15, 0.2) is 71.8 Å². The van der Waals surface area contributed by atoms with Gasteiger partial charge in [0.25, 0.3) is 0 Å². The van der Waals surface area contributed by atoms with Crippen molar-refractivity contribution in [3.63, 3.8) is 0 Å². The van der Waals surface area contributed by atoms with E-state index in [1.165, 1.54) is 32.9 Å². The van der Waals surface area contributed by atoms with Gasteiger partial charge >= 0.3 is 35.9 Å². The predicted molar refractivity (Wildman–Crippen MR) is 252 cm³/mol. The van der Waals surface area contributed by atoms with Crippen molar-refractivity contribution in [3.05, 3.63) is 82.9 Å². The van der Waals surface area contributed by atoms with E-state index in [9.17, 15) is 29.1 Å². The number of alkyl carbamates (subject to hydrolysis) is 1. The van der Waals surface area contributed by atoms with Crippen LogP contribution in [-0.4, -0.2) is 107 Å². The van der Waals surface area contributed by atoms with Gasteiger partial charge in [-0.2, -0.15) is 0 Å². The molecule has 2 aromatic rings. The first-order chi connectivity index (χ1) is 33.0. The number of carbonyl (C=O) groups is 7.